The van der Waals surface area contributed by atoms with Gasteiger partial charge in [-0.3, -0.25) is 19.8 Å². The maximum atomic E-state index is 13.4. The van der Waals surface area contributed by atoms with Gasteiger partial charge in [0.2, 0.25) is 5.91 Å². The van der Waals surface area contributed by atoms with Crippen LogP contribution in [0, 0.1) is 17.0 Å². The lowest BCUT2D eigenvalue weighted by atomic mass is 10.1. The molecule has 7 heteroatoms. The van der Waals surface area contributed by atoms with Crippen molar-refractivity contribution in [2.24, 2.45) is 0 Å². The molecule has 1 heterocycles. The van der Waals surface area contributed by atoms with E-state index in [0.717, 1.165) is 36.3 Å². The second kappa shape index (κ2) is 10.4. The van der Waals surface area contributed by atoms with E-state index < -0.39 is 4.92 Å². The predicted octanol–water partition coefficient (Wildman–Crippen LogP) is 4.73. The van der Waals surface area contributed by atoms with Crippen molar-refractivity contribution in [1.82, 2.24) is 9.80 Å². The zero-order valence-electron chi connectivity index (χ0n) is 18.9. The molecule has 4 rings (SSSR count). The number of amides is 1. The zero-order chi connectivity index (χ0) is 23.2. The number of nitrogens with zero attached hydrogens (tertiary/aromatic N) is 3. The van der Waals surface area contributed by atoms with Crippen molar-refractivity contribution in [3.8, 4) is 0 Å². The summed E-state index contributed by atoms with van der Waals surface area (Å²) in [4.78, 5) is 28.0. The molecule has 0 saturated heterocycles. The van der Waals surface area contributed by atoms with Gasteiger partial charge in [0.05, 0.1) is 18.0 Å². The molecule has 1 saturated carbocycles. The van der Waals surface area contributed by atoms with Crippen LogP contribution >= 0.6 is 0 Å². The maximum Gasteiger partial charge on any atom is 0.269 e. The van der Waals surface area contributed by atoms with Gasteiger partial charge in [-0.1, -0.05) is 42.5 Å². The van der Waals surface area contributed by atoms with Crippen LogP contribution < -0.4 is 0 Å². The fourth-order valence-electron chi connectivity index (χ4n) is 3.94. The van der Waals surface area contributed by atoms with Gasteiger partial charge in [0.25, 0.3) is 5.69 Å². The highest BCUT2D eigenvalue weighted by molar-refractivity contribution is 5.78. The van der Waals surface area contributed by atoms with E-state index in [9.17, 15) is 14.9 Å². The summed E-state index contributed by atoms with van der Waals surface area (Å²) >= 11 is 0. The normalized spacial score (nSPS) is 13.3. The Labute approximate surface area is 193 Å². The van der Waals surface area contributed by atoms with Gasteiger partial charge in [0, 0.05) is 31.3 Å². The van der Waals surface area contributed by atoms with Crippen LogP contribution in [0.1, 0.15) is 35.5 Å². The van der Waals surface area contributed by atoms with Crippen LogP contribution in [0.3, 0.4) is 0 Å². The molecule has 7 nitrogen and oxygen atoms in total. The van der Waals surface area contributed by atoms with Crippen molar-refractivity contribution in [2.75, 3.05) is 13.1 Å². The number of carbonyl (C=O) groups excluding carboxylic acids is 1. The minimum Gasteiger partial charge on any atom is -0.464 e. The molecular formula is C26H29N3O4. The number of nitro benzene ring substituents is 1. The van der Waals surface area contributed by atoms with Crippen molar-refractivity contribution in [2.45, 2.75) is 45.3 Å². The van der Waals surface area contributed by atoms with Crippen LogP contribution in [0.4, 0.5) is 5.69 Å². The standard InChI is InChI=1S/C26H29N3O4/c1-20-7-14-25(33-20)18-27(16-15-21-5-3-2-4-6-21)26(30)19-28(23-12-13-23)17-22-8-10-24(11-9-22)29(31)32/h2-11,14,23H,12-13,15-19H2,1H3. The average Bonchev–Trinajstić information content (AvgIpc) is 3.58. The average molecular weight is 448 g/mol. The Kier molecular flexibility index (Phi) is 7.19. The lowest BCUT2D eigenvalue weighted by Gasteiger charge is -2.27. The largest absolute Gasteiger partial charge is 0.464 e. The molecule has 1 aliphatic rings. The molecule has 1 aliphatic carbocycles. The third kappa shape index (κ3) is 6.52. The molecular weight excluding hydrogens is 418 g/mol. The fourth-order valence-corrected chi connectivity index (χ4v) is 3.94. The quantitative estimate of drug-likeness (QED) is 0.314. The van der Waals surface area contributed by atoms with Gasteiger partial charge in [-0.05, 0) is 49.4 Å². The summed E-state index contributed by atoms with van der Waals surface area (Å²) < 4.78 is 5.74. The third-order valence-electron chi connectivity index (χ3n) is 5.94. The van der Waals surface area contributed by atoms with E-state index in [0.29, 0.717) is 32.2 Å². The first-order valence-electron chi connectivity index (χ1n) is 11.3. The van der Waals surface area contributed by atoms with Gasteiger partial charge in [0.1, 0.15) is 11.5 Å². The Balaban J connectivity index is 1.44. The Morgan fingerprint density at radius 3 is 2.33 bits per heavy atom. The molecule has 1 amide bonds. The molecule has 0 radical (unpaired) electrons. The molecule has 3 aromatic rings. The first-order valence-corrected chi connectivity index (χ1v) is 11.3. The smallest absolute Gasteiger partial charge is 0.269 e. The number of nitro groups is 1. The number of hydrogen-bond acceptors (Lipinski definition) is 5. The van der Waals surface area contributed by atoms with Crippen molar-refractivity contribution >= 4 is 11.6 Å². The van der Waals surface area contributed by atoms with Gasteiger partial charge in [-0.25, -0.2) is 0 Å². The van der Waals surface area contributed by atoms with Gasteiger partial charge in [-0.2, -0.15) is 0 Å². The Bertz CT molecular complexity index is 1070. The summed E-state index contributed by atoms with van der Waals surface area (Å²) in [6.45, 7) is 3.86. The SMILES string of the molecule is Cc1ccc(CN(CCc2ccccc2)C(=O)CN(Cc2ccc([N+](=O)[O-])cc2)C2CC2)o1. The van der Waals surface area contributed by atoms with E-state index in [4.69, 9.17) is 4.42 Å². The minimum atomic E-state index is -0.396. The molecule has 0 N–H and O–H groups in total. The van der Waals surface area contributed by atoms with Crippen LogP contribution in [0.25, 0.3) is 0 Å². The molecule has 0 aliphatic heterocycles. The molecule has 0 bridgehead atoms. The van der Waals surface area contributed by atoms with E-state index in [2.05, 4.69) is 17.0 Å². The molecule has 33 heavy (non-hydrogen) atoms. The van der Waals surface area contributed by atoms with Crippen LogP contribution in [0.15, 0.2) is 71.1 Å². The van der Waals surface area contributed by atoms with E-state index >= 15 is 0 Å². The minimum absolute atomic E-state index is 0.0637. The van der Waals surface area contributed by atoms with Crippen LogP contribution in [0.5, 0.6) is 0 Å². The topological polar surface area (TPSA) is 79.8 Å². The van der Waals surface area contributed by atoms with Gasteiger partial charge in [0.15, 0.2) is 0 Å². The summed E-state index contributed by atoms with van der Waals surface area (Å²) in [5.41, 5.74) is 2.24. The van der Waals surface area contributed by atoms with Crippen molar-refractivity contribution in [3.05, 3.63) is 99.5 Å². The second-order valence-corrected chi connectivity index (χ2v) is 8.62. The number of rotatable bonds is 11. The molecule has 1 fully saturated rings. The van der Waals surface area contributed by atoms with E-state index in [1.807, 2.05) is 42.2 Å². The van der Waals surface area contributed by atoms with Crippen LogP contribution in [0.2, 0.25) is 0 Å². The van der Waals surface area contributed by atoms with Crippen LogP contribution in [-0.4, -0.2) is 39.8 Å². The number of hydrogen-bond donors (Lipinski definition) is 0. The van der Waals surface area contributed by atoms with Crippen molar-refractivity contribution in [1.29, 1.82) is 0 Å². The Hall–Kier alpha value is -3.45. The highest BCUT2D eigenvalue weighted by atomic mass is 16.6. The van der Waals surface area contributed by atoms with E-state index in [1.165, 1.54) is 17.7 Å². The summed E-state index contributed by atoms with van der Waals surface area (Å²) in [6, 6.07) is 21.0. The summed E-state index contributed by atoms with van der Waals surface area (Å²) in [7, 11) is 0. The highest BCUT2D eigenvalue weighted by Crippen LogP contribution is 2.29. The first kappa shape index (κ1) is 22.7. The zero-order valence-corrected chi connectivity index (χ0v) is 18.9. The van der Waals surface area contributed by atoms with Gasteiger partial charge in [-0.15, -0.1) is 0 Å². The summed E-state index contributed by atoms with van der Waals surface area (Å²) in [6.07, 6.45) is 2.92. The van der Waals surface area contributed by atoms with Crippen LogP contribution in [-0.2, 0) is 24.3 Å². The predicted molar refractivity (Wildman–Crippen MR) is 126 cm³/mol. The Morgan fingerprint density at radius 1 is 1.00 bits per heavy atom. The molecule has 0 unspecified atom stereocenters. The van der Waals surface area contributed by atoms with Crippen molar-refractivity contribution in [3.63, 3.8) is 0 Å². The van der Waals surface area contributed by atoms with Gasteiger partial charge >= 0.3 is 0 Å². The van der Waals surface area contributed by atoms with Crippen molar-refractivity contribution < 1.29 is 14.1 Å². The number of benzene rings is 2. The number of non-ortho nitro benzene ring substituents is 1. The molecule has 0 atom stereocenters. The molecule has 0 spiro atoms. The Morgan fingerprint density at radius 2 is 1.73 bits per heavy atom. The lowest BCUT2D eigenvalue weighted by Crippen LogP contribution is -2.41. The number of furan rings is 1. The first-order chi connectivity index (χ1) is 16.0. The molecule has 172 valence electrons. The fraction of sp³-hybridized carbons (Fsp3) is 0.346. The molecule has 2 aromatic carbocycles. The second-order valence-electron chi connectivity index (χ2n) is 8.62. The number of aryl methyl sites for hydroxylation is 1. The number of carbonyl (C=O) groups is 1. The maximum absolute atomic E-state index is 13.4. The van der Waals surface area contributed by atoms with E-state index in [-0.39, 0.29) is 11.6 Å². The summed E-state index contributed by atoms with van der Waals surface area (Å²) in [5.74, 6) is 1.68. The van der Waals surface area contributed by atoms with E-state index in [1.54, 1.807) is 12.1 Å². The third-order valence-corrected chi connectivity index (χ3v) is 5.94. The summed E-state index contributed by atoms with van der Waals surface area (Å²) in [5, 5.41) is 10.9. The molecule has 1 aromatic heterocycles. The van der Waals surface area contributed by atoms with Gasteiger partial charge < -0.3 is 9.32 Å². The lowest BCUT2D eigenvalue weighted by molar-refractivity contribution is -0.384. The monoisotopic (exact) mass is 447 g/mol. The highest BCUT2D eigenvalue weighted by Gasteiger charge is 2.31.